The van der Waals surface area contributed by atoms with Crippen LogP contribution in [0.1, 0.15) is 23.3 Å². The molecular formula is C20H19N7OS. The maximum absolute atomic E-state index is 10.4. The van der Waals surface area contributed by atoms with Crippen molar-refractivity contribution in [1.82, 2.24) is 29.8 Å². The van der Waals surface area contributed by atoms with Gasteiger partial charge in [-0.25, -0.2) is 0 Å². The van der Waals surface area contributed by atoms with Gasteiger partial charge in [-0.1, -0.05) is 53.3 Å². The van der Waals surface area contributed by atoms with E-state index < -0.39 is 0 Å². The van der Waals surface area contributed by atoms with Gasteiger partial charge in [-0.05, 0) is 30.2 Å². The number of aromatic nitrogens is 6. The van der Waals surface area contributed by atoms with E-state index >= 15 is 0 Å². The number of benzene rings is 2. The SMILES string of the molecule is C[C@H](Sc1nncn1C)c1cccc(-n2ncc(-c3ccc(CN=O)cc3)n2)c1. The van der Waals surface area contributed by atoms with Crippen molar-refractivity contribution in [1.29, 1.82) is 0 Å². The van der Waals surface area contributed by atoms with Crippen molar-refractivity contribution in [2.45, 2.75) is 23.9 Å². The van der Waals surface area contributed by atoms with Crippen LogP contribution in [0.4, 0.5) is 0 Å². The van der Waals surface area contributed by atoms with Gasteiger partial charge < -0.3 is 4.57 Å². The molecule has 0 bridgehead atoms. The van der Waals surface area contributed by atoms with Crippen molar-refractivity contribution in [2.75, 3.05) is 0 Å². The zero-order valence-corrected chi connectivity index (χ0v) is 16.8. The Kier molecular flexibility index (Phi) is 5.48. The van der Waals surface area contributed by atoms with Crippen LogP contribution in [0.2, 0.25) is 0 Å². The Morgan fingerprint density at radius 3 is 2.72 bits per heavy atom. The summed E-state index contributed by atoms with van der Waals surface area (Å²) in [7, 11) is 1.93. The first kappa shape index (κ1) is 19.0. The monoisotopic (exact) mass is 405 g/mol. The Hall–Kier alpha value is -3.33. The average molecular weight is 405 g/mol. The number of aryl methyl sites for hydroxylation is 1. The first-order chi connectivity index (χ1) is 14.1. The van der Waals surface area contributed by atoms with Crippen molar-refractivity contribution in [3.8, 4) is 16.9 Å². The van der Waals surface area contributed by atoms with E-state index in [1.165, 1.54) is 0 Å². The molecule has 146 valence electrons. The molecule has 0 aliphatic carbocycles. The molecule has 0 spiro atoms. The second-order valence-electron chi connectivity index (χ2n) is 6.58. The van der Waals surface area contributed by atoms with E-state index in [4.69, 9.17) is 0 Å². The highest BCUT2D eigenvalue weighted by atomic mass is 32.2. The zero-order valence-electron chi connectivity index (χ0n) is 16.0. The third-order valence-corrected chi connectivity index (χ3v) is 5.72. The fourth-order valence-corrected chi connectivity index (χ4v) is 3.79. The normalized spacial score (nSPS) is 12.1. The third-order valence-electron chi connectivity index (χ3n) is 4.51. The molecule has 0 N–H and O–H groups in total. The number of thioether (sulfide) groups is 1. The van der Waals surface area contributed by atoms with Crippen LogP contribution in [0.3, 0.4) is 0 Å². The Morgan fingerprint density at radius 1 is 1.17 bits per heavy atom. The first-order valence-corrected chi connectivity index (χ1v) is 9.94. The molecule has 8 nitrogen and oxygen atoms in total. The number of nitrogens with zero attached hydrogens (tertiary/aromatic N) is 7. The molecule has 0 fully saturated rings. The molecule has 0 unspecified atom stereocenters. The molecular weight excluding hydrogens is 386 g/mol. The molecule has 9 heteroatoms. The highest BCUT2D eigenvalue weighted by molar-refractivity contribution is 7.99. The van der Waals surface area contributed by atoms with Gasteiger partial charge in [0.25, 0.3) is 0 Å². The minimum atomic E-state index is 0.171. The second-order valence-corrected chi connectivity index (χ2v) is 7.89. The van der Waals surface area contributed by atoms with Gasteiger partial charge in [0.1, 0.15) is 18.6 Å². The van der Waals surface area contributed by atoms with E-state index in [0.29, 0.717) is 0 Å². The lowest BCUT2D eigenvalue weighted by Crippen LogP contribution is -2.01. The van der Waals surface area contributed by atoms with Crippen LogP contribution < -0.4 is 0 Å². The van der Waals surface area contributed by atoms with E-state index in [9.17, 15) is 4.91 Å². The molecule has 0 saturated heterocycles. The van der Waals surface area contributed by atoms with E-state index in [0.717, 1.165) is 33.2 Å². The predicted octanol–water partition coefficient (Wildman–Crippen LogP) is 4.18. The second kappa shape index (κ2) is 8.36. The Morgan fingerprint density at radius 2 is 2.00 bits per heavy atom. The molecule has 4 rings (SSSR count). The predicted molar refractivity (Wildman–Crippen MR) is 112 cm³/mol. The number of rotatable bonds is 7. The number of hydrogen-bond acceptors (Lipinski definition) is 7. The van der Waals surface area contributed by atoms with Gasteiger partial charge in [0.2, 0.25) is 0 Å². The number of nitroso groups, excluding NO2 is 1. The van der Waals surface area contributed by atoms with Crippen LogP contribution in [0.5, 0.6) is 0 Å². The lowest BCUT2D eigenvalue weighted by Gasteiger charge is -2.12. The van der Waals surface area contributed by atoms with E-state index in [1.54, 1.807) is 29.1 Å². The van der Waals surface area contributed by atoms with E-state index in [-0.39, 0.29) is 11.8 Å². The van der Waals surface area contributed by atoms with Gasteiger partial charge in [0.05, 0.1) is 11.9 Å². The summed E-state index contributed by atoms with van der Waals surface area (Å²) in [4.78, 5) is 12.0. The highest BCUT2D eigenvalue weighted by Gasteiger charge is 2.13. The molecule has 0 radical (unpaired) electrons. The Labute approximate surface area is 172 Å². The summed E-state index contributed by atoms with van der Waals surface area (Å²) in [6.45, 7) is 2.31. The lowest BCUT2D eigenvalue weighted by atomic mass is 10.1. The molecule has 0 aliphatic heterocycles. The standard InChI is InChI=1S/C20H19N7OS/c1-14(29-20-24-21-13-26(20)2)17-4-3-5-18(10-17)27-22-12-19(25-27)16-8-6-15(7-9-16)11-23-28/h3-10,12-14H,11H2,1-2H3/t14-/m0/s1. The number of hydrogen-bond donors (Lipinski definition) is 0. The Bertz CT molecular complexity index is 1120. The first-order valence-electron chi connectivity index (χ1n) is 9.06. The minimum Gasteiger partial charge on any atom is -0.312 e. The fraction of sp³-hybridized carbons (Fsp3) is 0.200. The van der Waals surface area contributed by atoms with Crippen molar-refractivity contribution in [3.63, 3.8) is 0 Å². The van der Waals surface area contributed by atoms with Crippen molar-refractivity contribution in [3.05, 3.63) is 77.1 Å². The molecule has 4 aromatic rings. The summed E-state index contributed by atoms with van der Waals surface area (Å²) >= 11 is 1.65. The molecule has 0 saturated carbocycles. The summed E-state index contributed by atoms with van der Waals surface area (Å²) in [6, 6.07) is 15.7. The van der Waals surface area contributed by atoms with E-state index in [1.807, 2.05) is 48.0 Å². The molecule has 0 amide bonds. The van der Waals surface area contributed by atoms with Gasteiger partial charge in [0, 0.05) is 17.9 Å². The summed E-state index contributed by atoms with van der Waals surface area (Å²) < 4.78 is 1.91. The quantitative estimate of drug-likeness (QED) is 0.338. The van der Waals surface area contributed by atoms with Gasteiger partial charge in [0.15, 0.2) is 5.16 Å². The van der Waals surface area contributed by atoms with Gasteiger partial charge in [-0.2, -0.15) is 14.8 Å². The van der Waals surface area contributed by atoms with Gasteiger partial charge in [-0.3, -0.25) is 0 Å². The average Bonchev–Trinajstić information content (AvgIpc) is 3.39. The molecule has 1 atom stereocenters. The van der Waals surface area contributed by atoms with Crippen LogP contribution in [0.25, 0.3) is 16.9 Å². The summed E-state index contributed by atoms with van der Waals surface area (Å²) in [5.74, 6) is 0. The summed E-state index contributed by atoms with van der Waals surface area (Å²) in [5, 5.41) is 21.1. The summed E-state index contributed by atoms with van der Waals surface area (Å²) in [6.07, 6.45) is 3.43. The minimum absolute atomic E-state index is 0.171. The van der Waals surface area contributed by atoms with Crippen molar-refractivity contribution < 1.29 is 0 Å². The maximum Gasteiger partial charge on any atom is 0.191 e. The van der Waals surface area contributed by atoms with Crippen molar-refractivity contribution in [2.24, 2.45) is 12.2 Å². The van der Waals surface area contributed by atoms with Crippen LogP contribution in [-0.2, 0) is 13.6 Å². The topological polar surface area (TPSA) is 90.9 Å². The van der Waals surface area contributed by atoms with E-state index in [2.05, 4.69) is 44.6 Å². The molecule has 29 heavy (non-hydrogen) atoms. The largest absolute Gasteiger partial charge is 0.312 e. The van der Waals surface area contributed by atoms with Crippen LogP contribution in [0, 0.1) is 4.91 Å². The molecule has 2 aromatic heterocycles. The highest BCUT2D eigenvalue weighted by Crippen LogP contribution is 2.33. The Balaban J connectivity index is 1.54. The molecule has 0 aliphatic rings. The van der Waals surface area contributed by atoms with Crippen LogP contribution in [0.15, 0.2) is 71.4 Å². The van der Waals surface area contributed by atoms with Crippen molar-refractivity contribution >= 4 is 11.8 Å². The van der Waals surface area contributed by atoms with Crippen LogP contribution in [-0.4, -0.2) is 29.8 Å². The molecule has 2 heterocycles. The maximum atomic E-state index is 10.4. The summed E-state index contributed by atoms with van der Waals surface area (Å²) in [5.41, 5.74) is 4.62. The van der Waals surface area contributed by atoms with Crippen LogP contribution >= 0.6 is 11.8 Å². The van der Waals surface area contributed by atoms with Gasteiger partial charge in [-0.15, -0.1) is 15.3 Å². The zero-order chi connectivity index (χ0) is 20.2. The van der Waals surface area contributed by atoms with Gasteiger partial charge >= 0.3 is 0 Å². The molecule has 2 aromatic carbocycles. The fourth-order valence-electron chi connectivity index (χ4n) is 2.88. The smallest absolute Gasteiger partial charge is 0.191 e. The third kappa shape index (κ3) is 4.24. The lowest BCUT2D eigenvalue weighted by molar-refractivity contribution is 0.752.